The van der Waals surface area contributed by atoms with Gasteiger partial charge in [0.1, 0.15) is 0 Å². The normalized spacial score (nSPS) is 12.9. The molecule has 0 aromatic heterocycles. The number of aliphatic hydroxyl groups excluding tert-OH is 2. The van der Waals surface area contributed by atoms with Crippen LogP contribution >= 0.6 is 0 Å². The van der Waals surface area contributed by atoms with Crippen LogP contribution in [-0.4, -0.2) is 47.4 Å². The van der Waals surface area contributed by atoms with Gasteiger partial charge in [0.05, 0.1) is 25.4 Å². The summed E-state index contributed by atoms with van der Waals surface area (Å²) >= 11 is 0. The zero-order valence-electron chi connectivity index (χ0n) is 55.7. The topological polar surface area (TPSA) is 95.9 Å². The molecule has 83 heavy (non-hydrogen) atoms. The molecule has 1 amide bonds. The number of carbonyl (C=O) groups excluding carboxylic acids is 2. The van der Waals surface area contributed by atoms with Crippen LogP contribution in [0.3, 0.4) is 0 Å². The van der Waals surface area contributed by atoms with Gasteiger partial charge in [-0.1, -0.05) is 344 Å². The maximum Gasteiger partial charge on any atom is 0.305 e. The molecule has 0 heterocycles. The van der Waals surface area contributed by atoms with Crippen LogP contribution in [0.1, 0.15) is 393 Å². The third-order valence-corrected chi connectivity index (χ3v) is 17.0. The smallest absolute Gasteiger partial charge is 0.305 e. The Morgan fingerprint density at radius 3 is 0.928 bits per heavy atom. The predicted molar refractivity (Wildman–Crippen MR) is 365 cm³/mol. The van der Waals surface area contributed by atoms with Crippen molar-refractivity contribution < 1.29 is 24.5 Å². The number of hydrogen-bond donors (Lipinski definition) is 3. The molecule has 0 saturated carbocycles. The monoisotopic (exact) mass is 1160 g/mol. The van der Waals surface area contributed by atoms with Crippen molar-refractivity contribution >= 4 is 11.9 Å². The van der Waals surface area contributed by atoms with Crippen LogP contribution in [0.2, 0.25) is 0 Å². The molecule has 3 N–H and O–H groups in total. The average molecular weight is 1160 g/mol. The second-order valence-corrected chi connectivity index (χ2v) is 25.3. The molecule has 0 rings (SSSR count). The van der Waals surface area contributed by atoms with Gasteiger partial charge in [-0.3, -0.25) is 9.59 Å². The van der Waals surface area contributed by atoms with Crippen molar-refractivity contribution in [1.82, 2.24) is 5.32 Å². The van der Waals surface area contributed by atoms with Gasteiger partial charge in [0.25, 0.3) is 0 Å². The van der Waals surface area contributed by atoms with Crippen LogP contribution in [0, 0.1) is 0 Å². The van der Waals surface area contributed by atoms with Crippen LogP contribution in [0.15, 0.2) is 60.8 Å². The minimum Gasteiger partial charge on any atom is -0.466 e. The standard InChI is InChI=1S/C77H143NO5/c1-3-5-7-9-11-13-15-17-19-21-23-31-34-37-41-45-49-53-57-61-65-69-75(80)74(73-79)78-76(81)70-66-62-58-54-50-46-42-38-35-32-29-27-25-24-26-28-30-33-36-40-44-48-52-56-60-64-68-72-83-77(82)71-67-63-59-55-51-47-43-39-22-20-18-16-14-12-10-8-6-4-2/h14,16,20,22,24-25,28,30,65,69,74-75,79-80H,3-13,15,17-19,21,23,26-27,29,31-64,66-68,70-73H2,1-2H3,(H,78,81)/b16-14-,22-20-,25-24-,30-28-,69-65+. The Balaban J connectivity index is 3.44. The Hall–Kier alpha value is -2.44. The fourth-order valence-corrected chi connectivity index (χ4v) is 11.3. The van der Waals surface area contributed by atoms with E-state index in [1.165, 1.54) is 308 Å². The highest BCUT2D eigenvalue weighted by molar-refractivity contribution is 5.76. The highest BCUT2D eigenvalue weighted by atomic mass is 16.5. The largest absolute Gasteiger partial charge is 0.466 e. The van der Waals surface area contributed by atoms with Crippen molar-refractivity contribution in [3.63, 3.8) is 0 Å². The van der Waals surface area contributed by atoms with E-state index in [0.29, 0.717) is 19.4 Å². The van der Waals surface area contributed by atoms with Gasteiger partial charge in [-0.15, -0.1) is 0 Å². The van der Waals surface area contributed by atoms with Crippen LogP contribution in [0.25, 0.3) is 0 Å². The van der Waals surface area contributed by atoms with Gasteiger partial charge in [-0.05, 0) is 96.3 Å². The van der Waals surface area contributed by atoms with Crippen LogP contribution < -0.4 is 5.32 Å². The van der Waals surface area contributed by atoms with Crippen molar-refractivity contribution in [3.8, 4) is 0 Å². The van der Waals surface area contributed by atoms with Crippen molar-refractivity contribution in [2.45, 2.75) is 405 Å². The van der Waals surface area contributed by atoms with E-state index in [-0.39, 0.29) is 18.5 Å². The average Bonchev–Trinajstić information content (AvgIpc) is 3.49. The number of amides is 1. The molecule has 2 unspecified atom stereocenters. The van der Waals surface area contributed by atoms with E-state index in [0.717, 1.165) is 57.8 Å². The quantitative estimate of drug-likeness (QED) is 0.0320. The number of aliphatic hydroxyl groups is 2. The summed E-state index contributed by atoms with van der Waals surface area (Å²) in [5.41, 5.74) is 0. The van der Waals surface area contributed by atoms with E-state index >= 15 is 0 Å². The van der Waals surface area contributed by atoms with E-state index < -0.39 is 12.1 Å². The molecule has 0 radical (unpaired) electrons. The molecule has 0 bridgehead atoms. The zero-order valence-corrected chi connectivity index (χ0v) is 55.7. The third-order valence-electron chi connectivity index (χ3n) is 17.0. The van der Waals surface area contributed by atoms with Gasteiger partial charge in [-0.25, -0.2) is 0 Å². The summed E-state index contributed by atoms with van der Waals surface area (Å²) in [4.78, 5) is 24.6. The number of rotatable bonds is 69. The Kier molecular flexibility index (Phi) is 69.9. The maximum absolute atomic E-state index is 12.5. The molecule has 0 fully saturated rings. The molecule has 0 aromatic carbocycles. The van der Waals surface area contributed by atoms with Gasteiger partial charge < -0.3 is 20.3 Å². The highest BCUT2D eigenvalue weighted by Crippen LogP contribution is 2.18. The van der Waals surface area contributed by atoms with E-state index in [1.807, 2.05) is 6.08 Å². The summed E-state index contributed by atoms with van der Waals surface area (Å²) < 4.78 is 5.50. The number of allylic oxidation sites excluding steroid dienone is 9. The second kappa shape index (κ2) is 72.0. The minimum absolute atomic E-state index is 0.00300. The Bertz CT molecular complexity index is 1430. The predicted octanol–water partition coefficient (Wildman–Crippen LogP) is 24.2. The van der Waals surface area contributed by atoms with Crippen LogP contribution in [0.5, 0.6) is 0 Å². The van der Waals surface area contributed by atoms with Crippen molar-refractivity contribution in [1.29, 1.82) is 0 Å². The van der Waals surface area contributed by atoms with E-state index in [9.17, 15) is 19.8 Å². The number of ether oxygens (including phenoxy) is 1. The number of unbranched alkanes of at least 4 members (excludes halogenated alkanes) is 50. The van der Waals surface area contributed by atoms with Crippen molar-refractivity contribution in [3.05, 3.63) is 60.8 Å². The van der Waals surface area contributed by atoms with Gasteiger partial charge in [0.2, 0.25) is 5.91 Å². The van der Waals surface area contributed by atoms with E-state index in [4.69, 9.17) is 4.74 Å². The molecule has 0 aliphatic rings. The maximum atomic E-state index is 12.5. The van der Waals surface area contributed by atoms with Crippen molar-refractivity contribution in [2.75, 3.05) is 13.2 Å². The summed E-state index contributed by atoms with van der Waals surface area (Å²) in [6.45, 7) is 4.91. The number of esters is 1. The Labute approximate surface area is 518 Å². The molecule has 0 saturated heterocycles. The number of nitrogens with one attached hydrogen (secondary N) is 1. The summed E-state index contributed by atoms with van der Waals surface area (Å²) in [7, 11) is 0. The number of hydrogen-bond acceptors (Lipinski definition) is 5. The first-order chi connectivity index (χ1) is 41.0. The fourth-order valence-electron chi connectivity index (χ4n) is 11.3. The fraction of sp³-hybridized carbons (Fsp3) is 0.844. The highest BCUT2D eigenvalue weighted by Gasteiger charge is 2.18. The summed E-state index contributed by atoms with van der Waals surface area (Å²) in [6, 6.07) is -0.633. The molecule has 0 aliphatic heterocycles. The third kappa shape index (κ3) is 68.5. The summed E-state index contributed by atoms with van der Waals surface area (Å²) in [6.07, 6.45) is 95.9. The van der Waals surface area contributed by atoms with Crippen LogP contribution in [0.4, 0.5) is 0 Å². The van der Waals surface area contributed by atoms with Crippen LogP contribution in [-0.2, 0) is 14.3 Å². The van der Waals surface area contributed by atoms with E-state index in [2.05, 4.69) is 67.8 Å². The second-order valence-electron chi connectivity index (χ2n) is 25.3. The lowest BCUT2D eigenvalue weighted by atomic mass is 10.0. The first kappa shape index (κ1) is 80.6. The molecule has 6 nitrogen and oxygen atoms in total. The molecule has 2 atom stereocenters. The molecular weight excluding hydrogens is 1020 g/mol. The van der Waals surface area contributed by atoms with Gasteiger partial charge in [0.15, 0.2) is 0 Å². The first-order valence-electron chi connectivity index (χ1n) is 37.1. The lowest BCUT2D eigenvalue weighted by Gasteiger charge is -2.20. The van der Waals surface area contributed by atoms with Gasteiger partial charge in [-0.2, -0.15) is 0 Å². The molecule has 0 aliphatic carbocycles. The van der Waals surface area contributed by atoms with Gasteiger partial charge >= 0.3 is 5.97 Å². The SMILES string of the molecule is CCCCCC/C=C\C/C=C\CCCCCCCCCC(=O)OCCCCCCCCCCC/C=C\C/C=C\CCCCCCCCCCCCCC(=O)NC(CO)C(O)/C=C/CCCCCCCCCCCCCCCCCCCCC. The molecule has 486 valence electrons. The lowest BCUT2D eigenvalue weighted by Crippen LogP contribution is -2.45. The zero-order chi connectivity index (χ0) is 59.9. The molecular formula is C77H143NO5. The molecule has 6 heteroatoms. The Morgan fingerprint density at radius 2 is 0.602 bits per heavy atom. The van der Waals surface area contributed by atoms with Gasteiger partial charge in [0, 0.05) is 12.8 Å². The van der Waals surface area contributed by atoms with E-state index in [1.54, 1.807) is 6.08 Å². The first-order valence-corrected chi connectivity index (χ1v) is 37.1. The number of carbonyl (C=O) groups is 2. The lowest BCUT2D eigenvalue weighted by molar-refractivity contribution is -0.143. The Morgan fingerprint density at radius 1 is 0.337 bits per heavy atom. The molecule has 0 aromatic rings. The summed E-state index contributed by atoms with van der Waals surface area (Å²) in [5.74, 6) is -0.0653. The summed E-state index contributed by atoms with van der Waals surface area (Å²) in [5, 5.41) is 23.3. The van der Waals surface area contributed by atoms with Crippen molar-refractivity contribution in [2.24, 2.45) is 0 Å². The molecule has 0 spiro atoms. The minimum atomic E-state index is -0.849.